The topological polar surface area (TPSA) is 186 Å². The van der Waals surface area contributed by atoms with Crippen LogP contribution in [-0.4, -0.2) is 47.4 Å². The number of nitrogens with two attached hydrogens (primary N) is 3. The third-order valence-electron chi connectivity index (χ3n) is 6.13. The van der Waals surface area contributed by atoms with E-state index in [1.165, 1.54) is 17.7 Å². The summed E-state index contributed by atoms with van der Waals surface area (Å²) in [5.74, 6) is -1.54. The van der Waals surface area contributed by atoms with Crippen molar-refractivity contribution in [1.29, 1.82) is 0 Å². The summed E-state index contributed by atoms with van der Waals surface area (Å²) in [5.41, 5.74) is 18.9. The maximum atomic E-state index is 13.3. The number of nitrogens with zero attached hydrogens (tertiary/aromatic N) is 1. The molecule has 0 aliphatic heterocycles. The van der Waals surface area contributed by atoms with E-state index in [2.05, 4.69) is 29.5 Å². The fraction of sp³-hybridized carbons (Fsp3) is 0.429. The molecule has 3 amide bonds. The third kappa shape index (κ3) is 10.1. The maximum Gasteiger partial charge on any atom is 0.243 e. The van der Waals surface area contributed by atoms with E-state index in [0.29, 0.717) is 12.3 Å². The van der Waals surface area contributed by atoms with Crippen LogP contribution in [0, 0.1) is 5.92 Å². The molecular formula is C28H40N6O4. The molecule has 0 radical (unpaired) electrons. The highest BCUT2D eigenvalue weighted by Gasteiger charge is 2.28. The number of carbonyl (C=O) groups excluding carboxylic acids is 3. The number of primary amides is 1. The first-order valence-electron chi connectivity index (χ1n) is 12.8. The second-order valence-electron chi connectivity index (χ2n) is 9.91. The van der Waals surface area contributed by atoms with Crippen LogP contribution >= 0.6 is 0 Å². The van der Waals surface area contributed by atoms with Crippen LogP contribution < -0.4 is 27.8 Å². The molecule has 0 saturated carbocycles. The molecule has 0 bridgehead atoms. The lowest BCUT2D eigenvalue weighted by Gasteiger charge is -2.24. The number of aliphatic imine (C=N–C) groups is 1. The monoisotopic (exact) mass is 524 g/mol. The molecule has 9 N–H and O–H groups in total. The fourth-order valence-electron chi connectivity index (χ4n) is 4.00. The molecule has 0 fully saturated rings. The molecule has 0 heterocycles. The van der Waals surface area contributed by atoms with Crippen LogP contribution in [0.3, 0.4) is 0 Å². The van der Waals surface area contributed by atoms with Crippen molar-refractivity contribution >= 4 is 23.7 Å². The Balaban J connectivity index is 2.16. The van der Waals surface area contributed by atoms with Crippen molar-refractivity contribution in [3.8, 4) is 5.75 Å². The molecular weight excluding hydrogens is 484 g/mol. The summed E-state index contributed by atoms with van der Waals surface area (Å²) in [4.78, 5) is 42.3. The van der Waals surface area contributed by atoms with Gasteiger partial charge in [-0.15, -0.1) is 0 Å². The molecule has 0 saturated heterocycles. The Morgan fingerprint density at radius 1 is 0.816 bits per heavy atom. The van der Waals surface area contributed by atoms with E-state index >= 15 is 0 Å². The third-order valence-corrected chi connectivity index (χ3v) is 6.13. The number of nitrogens with one attached hydrogen (secondary N) is 2. The molecule has 38 heavy (non-hydrogen) atoms. The Morgan fingerprint density at radius 3 is 1.92 bits per heavy atom. The van der Waals surface area contributed by atoms with Gasteiger partial charge in [-0.25, -0.2) is 0 Å². The van der Waals surface area contributed by atoms with Crippen molar-refractivity contribution in [2.45, 2.75) is 64.5 Å². The Morgan fingerprint density at radius 2 is 1.37 bits per heavy atom. The normalized spacial score (nSPS) is 13.3. The molecule has 10 nitrogen and oxygen atoms in total. The zero-order valence-electron chi connectivity index (χ0n) is 22.3. The highest BCUT2D eigenvalue weighted by atomic mass is 16.3. The van der Waals surface area contributed by atoms with Gasteiger partial charge in [0.1, 0.15) is 17.8 Å². The number of hydrogen-bond donors (Lipinski definition) is 6. The largest absolute Gasteiger partial charge is 0.508 e. The zero-order valence-corrected chi connectivity index (χ0v) is 22.3. The summed E-state index contributed by atoms with van der Waals surface area (Å²) in [7, 11) is 0. The van der Waals surface area contributed by atoms with Crippen LogP contribution in [0.4, 0.5) is 0 Å². The Kier molecular flexibility index (Phi) is 11.6. The van der Waals surface area contributed by atoms with Gasteiger partial charge in [-0.05, 0) is 60.9 Å². The SMILES string of the molecule is CC(C)Cc1ccc([C@H](C)C(=O)N[C@@H](Cc2ccc(O)cc2)C(=O)N[C@@H](CCCN=C(N)N)C(N)=O)cc1. The maximum absolute atomic E-state index is 13.3. The van der Waals surface area contributed by atoms with Gasteiger partial charge >= 0.3 is 0 Å². The summed E-state index contributed by atoms with van der Waals surface area (Å²) >= 11 is 0. The van der Waals surface area contributed by atoms with E-state index in [0.717, 1.165) is 17.5 Å². The molecule has 0 aliphatic rings. The smallest absolute Gasteiger partial charge is 0.243 e. The van der Waals surface area contributed by atoms with Gasteiger partial charge in [0.25, 0.3) is 0 Å². The number of phenols is 1. The quantitative estimate of drug-likeness (QED) is 0.123. The second-order valence-corrected chi connectivity index (χ2v) is 9.91. The number of carbonyl (C=O) groups is 3. The number of phenolic OH excluding ortho intramolecular Hbond substituents is 1. The summed E-state index contributed by atoms with van der Waals surface area (Å²) in [6.45, 7) is 6.35. The molecule has 0 aliphatic carbocycles. The van der Waals surface area contributed by atoms with Crippen LogP contribution in [-0.2, 0) is 27.2 Å². The van der Waals surface area contributed by atoms with Gasteiger partial charge in [-0.2, -0.15) is 0 Å². The van der Waals surface area contributed by atoms with Crippen LogP contribution in [0.15, 0.2) is 53.5 Å². The molecule has 0 aromatic heterocycles. The van der Waals surface area contributed by atoms with E-state index in [9.17, 15) is 19.5 Å². The summed E-state index contributed by atoms with van der Waals surface area (Å²) in [6.07, 6.45) is 1.75. The van der Waals surface area contributed by atoms with Gasteiger partial charge < -0.3 is 32.9 Å². The van der Waals surface area contributed by atoms with Crippen LogP contribution in [0.2, 0.25) is 0 Å². The summed E-state index contributed by atoms with van der Waals surface area (Å²) in [6, 6.07) is 12.3. The molecule has 2 aromatic rings. The predicted molar refractivity (Wildman–Crippen MR) is 148 cm³/mol. The molecule has 206 valence electrons. The summed E-state index contributed by atoms with van der Waals surface area (Å²) < 4.78 is 0. The molecule has 0 spiro atoms. The van der Waals surface area contributed by atoms with Crippen molar-refractivity contribution < 1.29 is 19.5 Å². The number of rotatable bonds is 14. The van der Waals surface area contributed by atoms with Crippen molar-refractivity contribution in [3.05, 3.63) is 65.2 Å². The number of amides is 3. The Bertz CT molecular complexity index is 1100. The average molecular weight is 525 g/mol. The second kappa shape index (κ2) is 14.6. The fourth-order valence-corrected chi connectivity index (χ4v) is 4.00. The summed E-state index contributed by atoms with van der Waals surface area (Å²) in [5, 5.41) is 15.1. The minimum Gasteiger partial charge on any atom is -0.508 e. The first-order chi connectivity index (χ1) is 18.0. The van der Waals surface area contributed by atoms with Gasteiger partial charge in [0, 0.05) is 13.0 Å². The molecule has 2 rings (SSSR count). The van der Waals surface area contributed by atoms with E-state index in [1.807, 2.05) is 24.3 Å². The van der Waals surface area contributed by atoms with Gasteiger partial charge in [-0.3, -0.25) is 19.4 Å². The minimum absolute atomic E-state index is 0.0648. The lowest BCUT2D eigenvalue weighted by Crippen LogP contribution is -2.54. The van der Waals surface area contributed by atoms with E-state index in [1.54, 1.807) is 19.1 Å². The zero-order chi connectivity index (χ0) is 28.2. The molecule has 10 heteroatoms. The number of benzene rings is 2. The van der Waals surface area contributed by atoms with Gasteiger partial charge in [0.05, 0.1) is 5.92 Å². The van der Waals surface area contributed by atoms with Gasteiger partial charge in [-0.1, -0.05) is 50.2 Å². The van der Waals surface area contributed by atoms with E-state index in [-0.39, 0.29) is 37.0 Å². The van der Waals surface area contributed by atoms with Crippen LogP contribution in [0.1, 0.15) is 56.2 Å². The molecule has 3 atom stereocenters. The number of guanidine groups is 1. The predicted octanol–water partition coefficient (Wildman–Crippen LogP) is 1.45. The lowest BCUT2D eigenvalue weighted by atomic mass is 9.95. The van der Waals surface area contributed by atoms with Crippen molar-refractivity contribution in [2.75, 3.05) is 6.54 Å². The van der Waals surface area contributed by atoms with Crippen LogP contribution in [0.25, 0.3) is 0 Å². The minimum atomic E-state index is -0.978. The van der Waals surface area contributed by atoms with Gasteiger partial charge in [0.15, 0.2) is 5.96 Å². The Labute approximate surface area is 224 Å². The number of aromatic hydroxyl groups is 1. The standard InChI is InChI=1S/C28H40N6O4/c1-17(2)15-19-6-10-21(11-7-19)18(3)26(37)34-24(16-20-8-12-22(35)13-9-20)27(38)33-23(25(29)36)5-4-14-32-28(30)31/h6-13,17-18,23-24,35H,4-5,14-16H2,1-3H3,(H2,29,36)(H,33,38)(H,34,37)(H4,30,31,32)/t18-,23-,24-/m0/s1. The number of hydrogen-bond acceptors (Lipinski definition) is 5. The van der Waals surface area contributed by atoms with Gasteiger partial charge in [0.2, 0.25) is 17.7 Å². The molecule has 2 aromatic carbocycles. The van der Waals surface area contributed by atoms with Crippen molar-refractivity contribution in [1.82, 2.24) is 10.6 Å². The lowest BCUT2D eigenvalue weighted by molar-refractivity contribution is -0.131. The first kappa shape index (κ1) is 30.1. The highest BCUT2D eigenvalue weighted by Crippen LogP contribution is 2.19. The van der Waals surface area contributed by atoms with E-state index < -0.39 is 29.8 Å². The Hall–Kier alpha value is -4.08. The van der Waals surface area contributed by atoms with E-state index in [4.69, 9.17) is 17.2 Å². The van der Waals surface area contributed by atoms with Crippen LogP contribution in [0.5, 0.6) is 5.75 Å². The first-order valence-corrected chi connectivity index (χ1v) is 12.8. The average Bonchev–Trinajstić information content (AvgIpc) is 2.85. The van der Waals surface area contributed by atoms with Crippen molar-refractivity contribution in [2.24, 2.45) is 28.1 Å². The molecule has 0 unspecified atom stereocenters. The highest BCUT2D eigenvalue weighted by molar-refractivity contribution is 5.93. The van der Waals surface area contributed by atoms with Crippen molar-refractivity contribution in [3.63, 3.8) is 0 Å².